The topological polar surface area (TPSA) is 130 Å². The van der Waals surface area contributed by atoms with Crippen LogP contribution in [0.15, 0.2) is 16.5 Å². The zero-order valence-electron chi connectivity index (χ0n) is 10.5. The van der Waals surface area contributed by atoms with Gasteiger partial charge in [0.2, 0.25) is 0 Å². The average Bonchev–Trinajstić information content (AvgIpc) is 2.92. The highest BCUT2D eigenvalue weighted by Crippen LogP contribution is 2.23. The van der Waals surface area contributed by atoms with Crippen LogP contribution in [-0.2, 0) is 16.1 Å². The standard InChI is InChI=1S/C12H16O8/c13-3-6-1-2-7(19-6)5-18-12-11(17)10(16)9(15)8(4-14)20-12/h1-3,8-12,14-17H,4-5H2/t8-,9+,10+,11-,12+/m1/s1. The summed E-state index contributed by atoms with van der Waals surface area (Å²) in [4.78, 5) is 10.5. The molecular weight excluding hydrogens is 272 g/mol. The van der Waals surface area contributed by atoms with E-state index in [-0.39, 0.29) is 12.4 Å². The summed E-state index contributed by atoms with van der Waals surface area (Å²) in [5.74, 6) is 0.474. The number of aliphatic hydroxyl groups excluding tert-OH is 4. The first kappa shape index (κ1) is 15.1. The van der Waals surface area contributed by atoms with Gasteiger partial charge in [-0.25, -0.2) is 0 Å². The van der Waals surface area contributed by atoms with Crippen LogP contribution in [0.4, 0.5) is 0 Å². The minimum Gasteiger partial charge on any atom is -0.456 e. The Morgan fingerprint density at radius 2 is 1.95 bits per heavy atom. The summed E-state index contributed by atoms with van der Waals surface area (Å²) in [5.41, 5.74) is 0. The molecule has 1 fully saturated rings. The third-order valence-corrected chi connectivity index (χ3v) is 3.04. The van der Waals surface area contributed by atoms with E-state index in [2.05, 4.69) is 0 Å². The van der Waals surface area contributed by atoms with Gasteiger partial charge in [-0.1, -0.05) is 0 Å². The van der Waals surface area contributed by atoms with E-state index in [1.54, 1.807) is 0 Å². The summed E-state index contributed by atoms with van der Waals surface area (Å²) in [6.45, 7) is -0.628. The lowest BCUT2D eigenvalue weighted by atomic mass is 9.99. The highest BCUT2D eigenvalue weighted by Gasteiger charge is 2.44. The van der Waals surface area contributed by atoms with E-state index in [0.717, 1.165) is 0 Å². The van der Waals surface area contributed by atoms with Crippen molar-refractivity contribution in [2.75, 3.05) is 6.61 Å². The fourth-order valence-corrected chi connectivity index (χ4v) is 1.90. The lowest BCUT2D eigenvalue weighted by molar-refractivity contribution is -0.304. The molecule has 0 unspecified atom stereocenters. The Hall–Kier alpha value is -1.29. The molecule has 0 aromatic carbocycles. The molecule has 0 saturated carbocycles. The highest BCUT2D eigenvalue weighted by molar-refractivity contribution is 5.70. The molecule has 2 heterocycles. The van der Waals surface area contributed by atoms with Crippen molar-refractivity contribution in [3.05, 3.63) is 23.7 Å². The molecule has 1 aromatic rings. The monoisotopic (exact) mass is 288 g/mol. The van der Waals surface area contributed by atoms with Crippen LogP contribution in [0.2, 0.25) is 0 Å². The van der Waals surface area contributed by atoms with Crippen LogP contribution in [0, 0.1) is 0 Å². The van der Waals surface area contributed by atoms with Crippen molar-refractivity contribution in [2.45, 2.75) is 37.3 Å². The number of hydrogen-bond donors (Lipinski definition) is 4. The maximum Gasteiger partial charge on any atom is 0.187 e. The number of carbonyl (C=O) groups excluding carboxylic acids is 1. The Balaban J connectivity index is 1.95. The summed E-state index contributed by atoms with van der Waals surface area (Å²) in [5, 5.41) is 37.9. The van der Waals surface area contributed by atoms with E-state index < -0.39 is 37.3 Å². The Morgan fingerprint density at radius 3 is 2.55 bits per heavy atom. The average molecular weight is 288 g/mol. The molecule has 8 heteroatoms. The van der Waals surface area contributed by atoms with Crippen LogP contribution in [0.3, 0.4) is 0 Å². The van der Waals surface area contributed by atoms with Crippen LogP contribution in [0.25, 0.3) is 0 Å². The molecule has 1 saturated heterocycles. The number of ether oxygens (including phenoxy) is 2. The smallest absolute Gasteiger partial charge is 0.187 e. The summed E-state index contributed by atoms with van der Waals surface area (Å²) in [6.07, 6.45) is -6.10. The van der Waals surface area contributed by atoms with E-state index in [1.165, 1.54) is 12.1 Å². The van der Waals surface area contributed by atoms with Crippen LogP contribution >= 0.6 is 0 Å². The van der Waals surface area contributed by atoms with Crippen LogP contribution in [-0.4, -0.2) is 64.0 Å². The van der Waals surface area contributed by atoms with Gasteiger partial charge in [0, 0.05) is 0 Å². The summed E-state index contributed by atoms with van der Waals surface area (Å²) in [7, 11) is 0. The predicted octanol–water partition coefficient (Wildman–Crippen LogP) is -1.59. The fourth-order valence-electron chi connectivity index (χ4n) is 1.90. The maximum absolute atomic E-state index is 10.5. The van der Waals surface area contributed by atoms with Gasteiger partial charge in [-0.2, -0.15) is 0 Å². The largest absolute Gasteiger partial charge is 0.456 e. The predicted molar refractivity (Wildman–Crippen MR) is 62.7 cm³/mol. The molecule has 1 aromatic heterocycles. The molecule has 1 aliphatic heterocycles. The van der Waals surface area contributed by atoms with Crippen molar-refractivity contribution >= 4 is 6.29 Å². The van der Waals surface area contributed by atoms with Crippen molar-refractivity contribution in [3.8, 4) is 0 Å². The van der Waals surface area contributed by atoms with Crippen LogP contribution in [0.5, 0.6) is 0 Å². The molecule has 0 amide bonds. The van der Waals surface area contributed by atoms with E-state index in [1.807, 2.05) is 0 Å². The first-order chi connectivity index (χ1) is 9.56. The number of rotatable bonds is 5. The summed E-state index contributed by atoms with van der Waals surface area (Å²) < 4.78 is 15.4. The van der Waals surface area contributed by atoms with E-state index >= 15 is 0 Å². The molecule has 0 spiro atoms. The normalized spacial score (nSPS) is 34.1. The Bertz CT molecular complexity index is 442. The third kappa shape index (κ3) is 3.06. The van der Waals surface area contributed by atoms with Gasteiger partial charge in [-0.3, -0.25) is 4.79 Å². The van der Waals surface area contributed by atoms with E-state index in [9.17, 15) is 20.1 Å². The second kappa shape index (κ2) is 6.44. The fraction of sp³-hybridized carbons (Fsp3) is 0.583. The van der Waals surface area contributed by atoms with Gasteiger partial charge in [0.15, 0.2) is 18.3 Å². The third-order valence-electron chi connectivity index (χ3n) is 3.04. The molecule has 4 N–H and O–H groups in total. The van der Waals surface area contributed by atoms with Gasteiger partial charge >= 0.3 is 0 Å². The molecule has 112 valence electrons. The first-order valence-electron chi connectivity index (χ1n) is 6.03. The number of hydrogen-bond acceptors (Lipinski definition) is 8. The van der Waals surface area contributed by atoms with Gasteiger partial charge in [-0.15, -0.1) is 0 Å². The number of aldehydes is 1. The molecule has 20 heavy (non-hydrogen) atoms. The van der Waals surface area contributed by atoms with Crippen LogP contribution < -0.4 is 0 Å². The van der Waals surface area contributed by atoms with Gasteiger partial charge in [-0.05, 0) is 12.1 Å². The van der Waals surface area contributed by atoms with Crippen molar-refractivity contribution in [1.82, 2.24) is 0 Å². The van der Waals surface area contributed by atoms with E-state index in [0.29, 0.717) is 12.0 Å². The quantitative estimate of drug-likeness (QED) is 0.477. The molecule has 2 rings (SSSR count). The van der Waals surface area contributed by atoms with Gasteiger partial charge in [0.1, 0.15) is 36.8 Å². The van der Waals surface area contributed by atoms with Crippen molar-refractivity contribution in [3.63, 3.8) is 0 Å². The maximum atomic E-state index is 10.5. The zero-order valence-corrected chi connectivity index (χ0v) is 10.5. The molecule has 0 bridgehead atoms. The molecule has 8 nitrogen and oxygen atoms in total. The highest BCUT2D eigenvalue weighted by atomic mass is 16.7. The molecule has 5 atom stereocenters. The Kier molecular flexibility index (Phi) is 4.86. The zero-order chi connectivity index (χ0) is 14.7. The van der Waals surface area contributed by atoms with Crippen molar-refractivity contribution in [2.24, 2.45) is 0 Å². The van der Waals surface area contributed by atoms with E-state index in [4.69, 9.17) is 19.0 Å². The Labute approximate surface area is 114 Å². The summed E-state index contributed by atoms with van der Waals surface area (Å²) >= 11 is 0. The minimum absolute atomic E-state index is 0.101. The number of furan rings is 1. The summed E-state index contributed by atoms with van der Waals surface area (Å²) in [6, 6.07) is 2.98. The first-order valence-corrected chi connectivity index (χ1v) is 6.03. The minimum atomic E-state index is -1.49. The van der Waals surface area contributed by atoms with Gasteiger partial charge < -0.3 is 34.3 Å². The van der Waals surface area contributed by atoms with Gasteiger partial charge in [0.05, 0.1) is 6.61 Å². The molecular formula is C12H16O8. The second-order valence-electron chi connectivity index (χ2n) is 4.43. The molecule has 1 aliphatic rings. The second-order valence-corrected chi connectivity index (χ2v) is 4.43. The van der Waals surface area contributed by atoms with Crippen molar-refractivity contribution in [1.29, 1.82) is 0 Å². The lowest BCUT2D eigenvalue weighted by Crippen LogP contribution is -2.59. The van der Waals surface area contributed by atoms with Crippen LogP contribution in [0.1, 0.15) is 16.3 Å². The Morgan fingerprint density at radius 1 is 1.20 bits per heavy atom. The number of aliphatic hydroxyl groups is 4. The number of carbonyl (C=O) groups is 1. The molecule has 0 aliphatic carbocycles. The lowest BCUT2D eigenvalue weighted by Gasteiger charge is -2.39. The molecule has 0 radical (unpaired) electrons. The SMILES string of the molecule is O=Cc1ccc(CO[C@H]2O[C@H](CO)[C@H](O)[C@H](O)[C@H]2O)o1. The van der Waals surface area contributed by atoms with Gasteiger partial charge in [0.25, 0.3) is 0 Å². The van der Waals surface area contributed by atoms with Crippen molar-refractivity contribution < 1.29 is 39.1 Å².